The van der Waals surface area contributed by atoms with Gasteiger partial charge in [-0.2, -0.15) is 0 Å². The van der Waals surface area contributed by atoms with E-state index in [2.05, 4.69) is 6.07 Å². The van der Waals surface area contributed by atoms with Crippen molar-refractivity contribution < 1.29 is 14.2 Å². The van der Waals surface area contributed by atoms with Crippen molar-refractivity contribution in [1.82, 2.24) is 0 Å². The summed E-state index contributed by atoms with van der Waals surface area (Å²) in [5.41, 5.74) is 3.20. The molecule has 0 radical (unpaired) electrons. The molecule has 0 aromatic heterocycles. The van der Waals surface area contributed by atoms with E-state index in [9.17, 15) is 0 Å². The van der Waals surface area contributed by atoms with Crippen LogP contribution in [0.3, 0.4) is 0 Å². The van der Waals surface area contributed by atoms with Gasteiger partial charge in [0.05, 0.1) is 14.2 Å². The Balaban J connectivity index is 2.50. The van der Waals surface area contributed by atoms with Gasteiger partial charge in [0.1, 0.15) is 0 Å². The maximum atomic E-state index is 6.06. The molecule has 0 heterocycles. The van der Waals surface area contributed by atoms with Gasteiger partial charge in [-0.3, -0.25) is 0 Å². The molecule has 0 saturated carbocycles. The average Bonchev–Trinajstić information content (AvgIpc) is 2.40. The van der Waals surface area contributed by atoms with Crippen molar-refractivity contribution in [2.75, 3.05) is 14.2 Å². The first-order chi connectivity index (χ1) is 9.56. The highest BCUT2D eigenvalue weighted by Gasteiger charge is 2.14. The van der Waals surface area contributed by atoms with Gasteiger partial charge in [0.15, 0.2) is 23.0 Å². The van der Waals surface area contributed by atoms with E-state index in [0.29, 0.717) is 11.5 Å². The molecule has 2 aromatic rings. The van der Waals surface area contributed by atoms with Crippen LogP contribution in [-0.2, 0) is 0 Å². The summed E-state index contributed by atoms with van der Waals surface area (Å²) in [6.07, 6.45) is 0. The van der Waals surface area contributed by atoms with Gasteiger partial charge < -0.3 is 14.2 Å². The van der Waals surface area contributed by atoms with Gasteiger partial charge in [0.2, 0.25) is 0 Å². The Morgan fingerprint density at radius 3 is 2.15 bits per heavy atom. The molecule has 106 valence electrons. The predicted molar refractivity (Wildman–Crippen MR) is 80.3 cm³/mol. The molecule has 0 unspecified atom stereocenters. The quantitative estimate of drug-likeness (QED) is 0.824. The highest BCUT2D eigenvalue weighted by Crippen LogP contribution is 2.40. The normalized spacial score (nSPS) is 10.2. The molecular formula is C17H20O3. The van der Waals surface area contributed by atoms with Crippen LogP contribution in [0.4, 0.5) is 0 Å². The maximum Gasteiger partial charge on any atom is 0.172 e. The number of benzene rings is 2. The molecule has 0 fully saturated rings. The lowest BCUT2D eigenvalue weighted by atomic mass is 10.1. The number of hydrogen-bond donors (Lipinski definition) is 0. The molecule has 0 N–H and O–H groups in total. The smallest absolute Gasteiger partial charge is 0.172 e. The Hall–Kier alpha value is -2.16. The Morgan fingerprint density at radius 1 is 0.750 bits per heavy atom. The van der Waals surface area contributed by atoms with Gasteiger partial charge in [0, 0.05) is 0 Å². The number of rotatable bonds is 4. The second-order valence-corrected chi connectivity index (χ2v) is 4.82. The number of para-hydroxylation sites is 1. The first-order valence-corrected chi connectivity index (χ1v) is 6.53. The van der Waals surface area contributed by atoms with Gasteiger partial charge >= 0.3 is 0 Å². The van der Waals surface area contributed by atoms with Crippen LogP contribution in [0, 0.1) is 20.8 Å². The fraction of sp³-hybridized carbons (Fsp3) is 0.294. The molecule has 0 aliphatic rings. The molecule has 3 nitrogen and oxygen atoms in total. The molecule has 3 heteroatoms. The van der Waals surface area contributed by atoms with Crippen LogP contribution in [0.15, 0.2) is 30.3 Å². The van der Waals surface area contributed by atoms with Crippen LogP contribution in [0.5, 0.6) is 23.0 Å². The maximum absolute atomic E-state index is 6.06. The van der Waals surface area contributed by atoms with Crippen LogP contribution in [0.1, 0.15) is 16.7 Å². The zero-order valence-corrected chi connectivity index (χ0v) is 12.6. The van der Waals surface area contributed by atoms with E-state index >= 15 is 0 Å². The van der Waals surface area contributed by atoms with Crippen LogP contribution in [0.2, 0.25) is 0 Å². The van der Waals surface area contributed by atoms with E-state index < -0.39 is 0 Å². The summed E-state index contributed by atoms with van der Waals surface area (Å²) in [4.78, 5) is 0. The van der Waals surface area contributed by atoms with E-state index in [1.165, 1.54) is 0 Å². The number of ether oxygens (including phenoxy) is 3. The molecule has 2 aromatic carbocycles. The molecule has 0 atom stereocenters. The average molecular weight is 272 g/mol. The minimum atomic E-state index is 0.706. The summed E-state index contributed by atoms with van der Waals surface area (Å²) in [7, 11) is 3.29. The van der Waals surface area contributed by atoms with Crippen molar-refractivity contribution >= 4 is 0 Å². The third kappa shape index (κ3) is 2.72. The van der Waals surface area contributed by atoms with Crippen LogP contribution >= 0.6 is 0 Å². The molecule has 0 aliphatic heterocycles. The number of methoxy groups -OCH3 is 2. The SMILES string of the molecule is COc1cccc(C)c1Oc1cc(C)cc(C)c1OC. The Kier molecular flexibility index (Phi) is 4.18. The monoisotopic (exact) mass is 272 g/mol. The highest BCUT2D eigenvalue weighted by atomic mass is 16.5. The Labute approximate surface area is 120 Å². The topological polar surface area (TPSA) is 27.7 Å². The van der Waals surface area contributed by atoms with E-state index in [4.69, 9.17) is 14.2 Å². The molecule has 0 saturated heterocycles. The lowest BCUT2D eigenvalue weighted by molar-refractivity contribution is 0.353. The largest absolute Gasteiger partial charge is 0.493 e. The van der Waals surface area contributed by atoms with Crippen LogP contribution < -0.4 is 14.2 Å². The van der Waals surface area contributed by atoms with Crippen LogP contribution in [0.25, 0.3) is 0 Å². The molecule has 0 aliphatic carbocycles. The number of hydrogen-bond acceptors (Lipinski definition) is 3. The van der Waals surface area contributed by atoms with Crippen molar-refractivity contribution in [3.8, 4) is 23.0 Å². The Bertz CT molecular complexity index is 618. The van der Waals surface area contributed by atoms with Gasteiger partial charge in [-0.15, -0.1) is 0 Å². The minimum absolute atomic E-state index is 0.706. The third-order valence-corrected chi connectivity index (χ3v) is 3.20. The summed E-state index contributed by atoms with van der Waals surface area (Å²) in [5, 5.41) is 0. The predicted octanol–water partition coefficient (Wildman–Crippen LogP) is 4.42. The van der Waals surface area contributed by atoms with E-state index in [1.807, 2.05) is 45.0 Å². The van der Waals surface area contributed by atoms with Gasteiger partial charge in [-0.05, 0) is 49.6 Å². The molecular weight excluding hydrogens is 252 g/mol. The van der Waals surface area contributed by atoms with Crippen molar-refractivity contribution in [2.45, 2.75) is 20.8 Å². The lowest BCUT2D eigenvalue weighted by Crippen LogP contribution is -1.97. The van der Waals surface area contributed by atoms with E-state index in [-0.39, 0.29) is 0 Å². The summed E-state index contributed by atoms with van der Waals surface area (Å²) in [5.74, 6) is 2.89. The molecule has 0 amide bonds. The van der Waals surface area contributed by atoms with Crippen molar-refractivity contribution in [3.05, 3.63) is 47.0 Å². The van der Waals surface area contributed by atoms with Crippen LogP contribution in [-0.4, -0.2) is 14.2 Å². The Morgan fingerprint density at radius 2 is 1.50 bits per heavy atom. The van der Waals surface area contributed by atoms with E-state index in [1.54, 1.807) is 14.2 Å². The zero-order chi connectivity index (χ0) is 14.7. The first kappa shape index (κ1) is 14.3. The fourth-order valence-electron chi connectivity index (χ4n) is 2.28. The van der Waals surface area contributed by atoms with Crippen molar-refractivity contribution in [2.24, 2.45) is 0 Å². The van der Waals surface area contributed by atoms with E-state index in [0.717, 1.165) is 28.2 Å². The summed E-state index contributed by atoms with van der Waals surface area (Å²) >= 11 is 0. The van der Waals surface area contributed by atoms with Gasteiger partial charge in [-0.1, -0.05) is 18.2 Å². The summed E-state index contributed by atoms with van der Waals surface area (Å²) in [6.45, 7) is 6.04. The third-order valence-electron chi connectivity index (χ3n) is 3.20. The highest BCUT2D eigenvalue weighted by molar-refractivity contribution is 5.54. The second-order valence-electron chi connectivity index (χ2n) is 4.82. The van der Waals surface area contributed by atoms with Crippen molar-refractivity contribution in [1.29, 1.82) is 0 Å². The van der Waals surface area contributed by atoms with Gasteiger partial charge in [-0.25, -0.2) is 0 Å². The second kappa shape index (κ2) is 5.87. The molecule has 20 heavy (non-hydrogen) atoms. The fourth-order valence-corrected chi connectivity index (χ4v) is 2.28. The van der Waals surface area contributed by atoms with Crippen molar-refractivity contribution in [3.63, 3.8) is 0 Å². The molecule has 0 spiro atoms. The minimum Gasteiger partial charge on any atom is -0.493 e. The first-order valence-electron chi connectivity index (χ1n) is 6.53. The lowest BCUT2D eigenvalue weighted by Gasteiger charge is -2.16. The zero-order valence-electron chi connectivity index (χ0n) is 12.6. The van der Waals surface area contributed by atoms with Gasteiger partial charge in [0.25, 0.3) is 0 Å². The summed E-state index contributed by atoms with van der Waals surface area (Å²) < 4.78 is 16.9. The standard InChI is InChI=1S/C17H20O3/c1-11-9-13(3)16(19-5)15(10-11)20-17-12(2)7-6-8-14(17)18-4/h6-10H,1-5H3. The molecule has 2 rings (SSSR count). The molecule has 0 bridgehead atoms. The summed E-state index contributed by atoms with van der Waals surface area (Å²) in [6, 6.07) is 9.86. The number of aryl methyl sites for hydroxylation is 3.